The van der Waals surface area contributed by atoms with E-state index in [1.54, 1.807) is 0 Å². The number of carboxylic acids is 1. The van der Waals surface area contributed by atoms with Gasteiger partial charge in [-0.2, -0.15) is 26.3 Å². The fourth-order valence-corrected chi connectivity index (χ4v) is 4.71. The number of alkyl halides is 6. The molecule has 0 radical (unpaired) electrons. The van der Waals surface area contributed by atoms with Crippen molar-refractivity contribution in [2.75, 3.05) is 5.75 Å². The highest BCUT2D eigenvalue weighted by molar-refractivity contribution is 7.92. The molecule has 0 fully saturated rings. The van der Waals surface area contributed by atoms with E-state index in [1.165, 1.54) is 6.92 Å². The van der Waals surface area contributed by atoms with Crippen molar-refractivity contribution in [1.29, 1.82) is 0 Å². The number of carbonyl (C=O) groups is 1. The van der Waals surface area contributed by atoms with Crippen molar-refractivity contribution < 1.29 is 44.7 Å². The van der Waals surface area contributed by atoms with Gasteiger partial charge in [0.2, 0.25) is 0 Å². The van der Waals surface area contributed by atoms with Gasteiger partial charge in [0, 0.05) is 0 Å². The predicted molar refractivity (Wildman–Crippen MR) is 74.1 cm³/mol. The number of carboxylic acid groups (broad SMARTS) is 1. The van der Waals surface area contributed by atoms with Gasteiger partial charge in [-0.1, -0.05) is 20.8 Å². The maximum Gasteiger partial charge on any atom is 0.391 e. The molecule has 1 N–H and O–H groups in total. The summed E-state index contributed by atoms with van der Waals surface area (Å²) in [6, 6.07) is 0. The van der Waals surface area contributed by atoms with Crippen LogP contribution in [0.25, 0.3) is 0 Å². The SMILES string of the molecule is CCC(CC(C)(C)C(C(=O)O)S(=O)(=O)CCC(F)(F)F)C(F)(F)F. The Bertz CT molecular complexity index is 536. The molecule has 0 rings (SSSR count). The maximum absolute atomic E-state index is 12.9. The number of hydrogen-bond donors (Lipinski definition) is 1. The Morgan fingerprint density at radius 1 is 1.08 bits per heavy atom. The zero-order valence-corrected chi connectivity index (χ0v) is 14.1. The lowest BCUT2D eigenvalue weighted by Gasteiger charge is -2.35. The topological polar surface area (TPSA) is 71.4 Å². The Kier molecular flexibility index (Phi) is 7.17. The van der Waals surface area contributed by atoms with Crippen LogP contribution in [0.2, 0.25) is 0 Å². The monoisotopic (exact) mass is 386 g/mol. The van der Waals surface area contributed by atoms with Crippen molar-refractivity contribution in [3.63, 3.8) is 0 Å². The van der Waals surface area contributed by atoms with E-state index in [4.69, 9.17) is 5.11 Å². The Hall–Kier alpha value is -1.00. The smallest absolute Gasteiger partial charge is 0.391 e. The van der Waals surface area contributed by atoms with Crippen molar-refractivity contribution in [3.8, 4) is 0 Å². The molecule has 0 aromatic heterocycles. The van der Waals surface area contributed by atoms with E-state index in [9.17, 15) is 39.6 Å². The van der Waals surface area contributed by atoms with Gasteiger partial charge in [-0.15, -0.1) is 0 Å². The van der Waals surface area contributed by atoms with Crippen LogP contribution in [-0.2, 0) is 14.6 Å². The van der Waals surface area contributed by atoms with Gasteiger partial charge in [0.1, 0.15) is 0 Å². The van der Waals surface area contributed by atoms with Crippen LogP contribution < -0.4 is 0 Å². The second kappa shape index (κ2) is 7.49. The van der Waals surface area contributed by atoms with Gasteiger partial charge in [-0.25, -0.2) is 8.42 Å². The van der Waals surface area contributed by atoms with E-state index in [2.05, 4.69) is 0 Å². The second-order valence-corrected chi connectivity index (χ2v) is 8.50. The Morgan fingerprint density at radius 2 is 1.54 bits per heavy atom. The zero-order valence-electron chi connectivity index (χ0n) is 13.3. The molecule has 0 aromatic rings. The third-order valence-electron chi connectivity index (χ3n) is 3.69. The third-order valence-corrected chi connectivity index (χ3v) is 6.02. The summed E-state index contributed by atoms with van der Waals surface area (Å²) in [5.74, 6) is -5.40. The Morgan fingerprint density at radius 3 is 1.83 bits per heavy atom. The molecule has 0 saturated heterocycles. The van der Waals surface area contributed by atoms with E-state index in [0.717, 1.165) is 13.8 Å². The summed E-state index contributed by atoms with van der Waals surface area (Å²) in [6.07, 6.45) is -12.5. The fourth-order valence-electron chi connectivity index (χ4n) is 2.58. The highest BCUT2D eigenvalue weighted by Crippen LogP contribution is 2.42. The normalized spacial score (nSPS) is 16.7. The van der Waals surface area contributed by atoms with Crippen LogP contribution >= 0.6 is 0 Å². The summed E-state index contributed by atoms with van der Waals surface area (Å²) >= 11 is 0. The Balaban J connectivity index is 5.60. The molecule has 0 amide bonds. The molecule has 2 unspecified atom stereocenters. The summed E-state index contributed by atoms with van der Waals surface area (Å²) in [5.41, 5.74) is -1.90. The summed E-state index contributed by atoms with van der Waals surface area (Å²) in [7, 11) is -4.80. The van der Waals surface area contributed by atoms with Crippen molar-refractivity contribution in [1.82, 2.24) is 0 Å². The van der Waals surface area contributed by atoms with Crippen LogP contribution in [0.4, 0.5) is 26.3 Å². The van der Waals surface area contributed by atoms with Crippen molar-refractivity contribution in [2.45, 2.75) is 57.6 Å². The van der Waals surface area contributed by atoms with Gasteiger partial charge in [-0.05, 0) is 18.3 Å². The van der Waals surface area contributed by atoms with Crippen LogP contribution in [0, 0.1) is 11.3 Å². The van der Waals surface area contributed by atoms with Crippen molar-refractivity contribution in [3.05, 3.63) is 0 Å². The summed E-state index contributed by atoms with van der Waals surface area (Å²) in [4.78, 5) is 11.3. The first kappa shape index (κ1) is 23.0. The summed E-state index contributed by atoms with van der Waals surface area (Å²) in [5, 5.41) is 6.76. The number of rotatable bonds is 8. The van der Waals surface area contributed by atoms with E-state index in [1.807, 2.05) is 0 Å². The van der Waals surface area contributed by atoms with Gasteiger partial charge in [0.15, 0.2) is 15.1 Å². The first-order valence-electron chi connectivity index (χ1n) is 7.02. The number of aliphatic carboxylic acids is 1. The number of hydrogen-bond acceptors (Lipinski definition) is 3. The second-order valence-electron chi connectivity index (χ2n) is 6.29. The van der Waals surface area contributed by atoms with E-state index >= 15 is 0 Å². The van der Waals surface area contributed by atoms with Gasteiger partial charge in [0.05, 0.1) is 18.1 Å². The average Bonchev–Trinajstić information content (AvgIpc) is 2.30. The maximum atomic E-state index is 12.9. The summed E-state index contributed by atoms with van der Waals surface area (Å²) < 4.78 is 99.3. The molecule has 24 heavy (non-hydrogen) atoms. The highest BCUT2D eigenvalue weighted by atomic mass is 32.2. The Labute approximate surface area is 136 Å². The molecule has 4 nitrogen and oxygen atoms in total. The third kappa shape index (κ3) is 6.86. The zero-order chi connectivity index (χ0) is 19.6. The largest absolute Gasteiger partial charge is 0.480 e. The molecule has 0 heterocycles. The first-order valence-corrected chi connectivity index (χ1v) is 8.73. The van der Waals surface area contributed by atoms with Crippen LogP contribution in [0.1, 0.15) is 40.0 Å². The van der Waals surface area contributed by atoms with E-state index in [-0.39, 0.29) is 0 Å². The van der Waals surface area contributed by atoms with Gasteiger partial charge >= 0.3 is 18.3 Å². The average molecular weight is 386 g/mol. The molecular formula is C13H20F6O4S. The van der Waals surface area contributed by atoms with Gasteiger partial charge in [-0.3, -0.25) is 4.79 Å². The molecule has 0 aromatic carbocycles. The lowest BCUT2D eigenvalue weighted by Crippen LogP contribution is -2.46. The lowest BCUT2D eigenvalue weighted by molar-refractivity contribution is -0.184. The van der Waals surface area contributed by atoms with Crippen LogP contribution in [-0.4, -0.2) is 42.8 Å². The fraction of sp³-hybridized carbons (Fsp3) is 0.923. The molecule has 2 atom stereocenters. The first-order chi connectivity index (χ1) is 10.4. The molecule has 144 valence electrons. The van der Waals surface area contributed by atoms with E-state index in [0.29, 0.717) is 0 Å². The van der Waals surface area contributed by atoms with Crippen molar-refractivity contribution >= 4 is 15.8 Å². The highest BCUT2D eigenvalue weighted by Gasteiger charge is 2.50. The molecule has 11 heteroatoms. The predicted octanol–water partition coefficient (Wildman–Crippen LogP) is 3.81. The molecule has 0 aliphatic rings. The lowest BCUT2D eigenvalue weighted by atomic mass is 9.78. The number of halogens is 6. The van der Waals surface area contributed by atoms with Gasteiger partial charge in [0.25, 0.3) is 0 Å². The molecule has 0 saturated carbocycles. The molecule has 0 aliphatic heterocycles. The minimum Gasteiger partial charge on any atom is -0.480 e. The van der Waals surface area contributed by atoms with Crippen LogP contribution in [0.5, 0.6) is 0 Å². The van der Waals surface area contributed by atoms with Crippen molar-refractivity contribution in [2.24, 2.45) is 11.3 Å². The molecular weight excluding hydrogens is 366 g/mol. The minimum absolute atomic E-state index is 0.401. The number of sulfone groups is 1. The molecule has 0 spiro atoms. The molecule has 0 bridgehead atoms. The molecule has 0 aliphatic carbocycles. The van der Waals surface area contributed by atoms with Gasteiger partial charge < -0.3 is 5.11 Å². The van der Waals surface area contributed by atoms with E-state index < -0.39 is 69.8 Å². The van der Waals surface area contributed by atoms with Crippen LogP contribution in [0.3, 0.4) is 0 Å². The van der Waals surface area contributed by atoms with Crippen LogP contribution in [0.15, 0.2) is 0 Å². The standard InChI is InChI=1S/C13H20F6O4S/c1-4-8(13(17,18)19)7-11(2,3)9(10(20)21)24(22,23)6-5-12(14,15)16/h8-9H,4-7H2,1-3H3,(H,20,21). The quantitative estimate of drug-likeness (QED) is 0.644. The summed E-state index contributed by atoms with van der Waals surface area (Å²) in [6.45, 7) is 3.22. The minimum atomic E-state index is -4.82.